The summed E-state index contributed by atoms with van der Waals surface area (Å²) in [5.74, 6) is 4.20. The fraction of sp³-hybridized carbons (Fsp3) is 1.00. The van der Waals surface area contributed by atoms with Crippen LogP contribution in [0, 0.1) is 23.7 Å². The van der Waals surface area contributed by atoms with Crippen LogP contribution < -0.4 is 0 Å². The van der Waals surface area contributed by atoms with E-state index in [0.29, 0.717) is 0 Å². The Morgan fingerprint density at radius 1 is 0.867 bits per heavy atom. The molecule has 0 saturated heterocycles. The Hall–Kier alpha value is 0. The van der Waals surface area contributed by atoms with Crippen LogP contribution in [0.1, 0.15) is 71.6 Å². The Balaban J connectivity index is 1.79. The predicted molar refractivity (Wildman–Crippen MR) is 66.9 cm³/mol. The molecule has 15 heavy (non-hydrogen) atoms. The molecule has 2 aliphatic rings. The van der Waals surface area contributed by atoms with Crippen LogP contribution in [0.5, 0.6) is 0 Å². The zero-order valence-electron chi connectivity index (χ0n) is 10.7. The van der Waals surface area contributed by atoms with Crippen LogP contribution in [0.2, 0.25) is 0 Å². The van der Waals surface area contributed by atoms with Gasteiger partial charge in [-0.05, 0) is 36.5 Å². The Kier molecular flexibility index (Phi) is 4.11. The third-order valence-corrected chi connectivity index (χ3v) is 4.97. The van der Waals surface area contributed by atoms with Gasteiger partial charge in [-0.15, -0.1) is 0 Å². The first kappa shape index (κ1) is 11.5. The molecule has 0 amide bonds. The van der Waals surface area contributed by atoms with E-state index in [0.717, 1.165) is 23.7 Å². The van der Waals surface area contributed by atoms with Gasteiger partial charge in [0, 0.05) is 0 Å². The van der Waals surface area contributed by atoms with Crippen LogP contribution in [0.4, 0.5) is 0 Å². The summed E-state index contributed by atoms with van der Waals surface area (Å²) in [5.41, 5.74) is 0. The molecule has 0 N–H and O–H groups in total. The molecule has 0 aromatic rings. The lowest BCUT2D eigenvalue weighted by atomic mass is 9.71. The van der Waals surface area contributed by atoms with E-state index in [-0.39, 0.29) is 0 Å². The van der Waals surface area contributed by atoms with Gasteiger partial charge in [0.2, 0.25) is 0 Å². The van der Waals surface area contributed by atoms with E-state index in [1.54, 1.807) is 6.42 Å². The normalized spacial score (nSPS) is 42.8. The Bertz CT molecular complexity index is 184. The zero-order valence-corrected chi connectivity index (χ0v) is 10.7. The average Bonchev–Trinajstić information content (AvgIpc) is 2.22. The molecule has 0 aromatic heterocycles. The molecule has 2 saturated carbocycles. The van der Waals surface area contributed by atoms with Crippen molar-refractivity contribution in [2.45, 2.75) is 71.6 Å². The second-order valence-corrected chi connectivity index (χ2v) is 6.40. The van der Waals surface area contributed by atoms with Crippen LogP contribution in [-0.2, 0) is 0 Å². The molecule has 88 valence electrons. The third kappa shape index (κ3) is 3.23. The van der Waals surface area contributed by atoms with Gasteiger partial charge in [0.15, 0.2) is 0 Å². The van der Waals surface area contributed by atoms with Gasteiger partial charge >= 0.3 is 0 Å². The van der Waals surface area contributed by atoms with Crippen molar-refractivity contribution in [3.8, 4) is 0 Å². The first-order valence-corrected chi connectivity index (χ1v) is 7.25. The first-order chi connectivity index (χ1) is 7.25. The van der Waals surface area contributed by atoms with Crippen molar-refractivity contribution in [3.05, 3.63) is 0 Å². The summed E-state index contributed by atoms with van der Waals surface area (Å²) in [6.07, 6.45) is 13.7. The molecule has 0 heterocycles. The van der Waals surface area contributed by atoms with E-state index in [1.165, 1.54) is 51.4 Å². The molecule has 0 aliphatic heterocycles. The second-order valence-electron chi connectivity index (χ2n) is 6.40. The molecule has 0 radical (unpaired) electrons. The lowest BCUT2D eigenvalue weighted by Crippen LogP contribution is -2.22. The van der Waals surface area contributed by atoms with E-state index in [1.807, 2.05) is 0 Å². The number of hydrogen-bond acceptors (Lipinski definition) is 0. The molecule has 0 nitrogen and oxygen atoms in total. The van der Waals surface area contributed by atoms with Crippen LogP contribution in [0.3, 0.4) is 0 Å². The van der Waals surface area contributed by atoms with Crippen molar-refractivity contribution in [2.75, 3.05) is 0 Å². The minimum Gasteiger partial charge on any atom is -0.0625 e. The lowest BCUT2D eigenvalue weighted by Gasteiger charge is -2.34. The number of rotatable bonds is 2. The topological polar surface area (TPSA) is 0 Å². The van der Waals surface area contributed by atoms with Crippen molar-refractivity contribution in [1.82, 2.24) is 0 Å². The highest BCUT2D eigenvalue weighted by Crippen LogP contribution is 2.39. The van der Waals surface area contributed by atoms with Crippen molar-refractivity contribution in [1.29, 1.82) is 0 Å². The summed E-state index contributed by atoms with van der Waals surface area (Å²) in [4.78, 5) is 0. The molecule has 0 bridgehead atoms. The van der Waals surface area contributed by atoms with Gasteiger partial charge in [0.05, 0.1) is 0 Å². The van der Waals surface area contributed by atoms with E-state index >= 15 is 0 Å². The maximum absolute atomic E-state index is 2.50. The van der Waals surface area contributed by atoms with Crippen LogP contribution >= 0.6 is 0 Å². The van der Waals surface area contributed by atoms with Crippen molar-refractivity contribution in [3.63, 3.8) is 0 Å². The van der Waals surface area contributed by atoms with Crippen LogP contribution in [0.15, 0.2) is 0 Å². The fourth-order valence-corrected chi connectivity index (χ4v) is 3.95. The van der Waals surface area contributed by atoms with Gasteiger partial charge < -0.3 is 0 Å². The predicted octanol–water partition coefficient (Wildman–Crippen LogP) is 5.03. The van der Waals surface area contributed by atoms with Crippen LogP contribution in [0.25, 0.3) is 0 Å². The summed E-state index contributed by atoms with van der Waals surface area (Å²) in [7, 11) is 0. The summed E-state index contributed by atoms with van der Waals surface area (Å²) in [6.45, 7) is 4.95. The van der Waals surface area contributed by atoms with Gasteiger partial charge in [0.25, 0.3) is 0 Å². The zero-order chi connectivity index (χ0) is 10.7. The SMILES string of the molecule is CC1CCCC(CC2CCCCC2C)C1. The van der Waals surface area contributed by atoms with Gasteiger partial charge in [0.1, 0.15) is 0 Å². The quantitative estimate of drug-likeness (QED) is 0.597. The average molecular weight is 208 g/mol. The molecular weight excluding hydrogens is 180 g/mol. The van der Waals surface area contributed by atoms with Crippen LogP contribution in [-0.4, -0.2) is 0 Å². The maximum Gasteiger partial charge on any atom is -0.0386 e. The van der Waals surface area contributed by atoms with Gasteiger partial charge in [-0.25, -0.2) is 0 Å². The maximum atomic E-state index is 2.50. The van der Waals surface area contributed by atoms with Gasteiger partial charge in [-0.2, -0.15) is 0 Å². The molecule has 0 aromatic carbocycles. The molecule has 4 unspecified atom stereocenters. The highest BCUT2D eigenvalue weighted by molar-refractivity contribution is 4.78. The minimum absolute atomic E-state index is 1.02. The molecule has 0 heteroatoms. The van der Waals surface area contributed by atoms with Crippen molar-refractivity contribution < 1.29 is 0 Å². The lowest BCUT2D eigenvalue weighted by molar-refractivity contribution is 0.171. The monoisotopic (exact) mass is 208 g/mol. The molecular formula is C15H28. The second kappa shape index (κ2) is 5.37. The summed E-state index contributed by atoms with van der Waals surface area (Å²) in [6, 6.07) is 0. The third-order valence-electron chi connectivity index (χ3n) is 4.97. The molecule has 2 rings (SSSR count). The van der Waals surface area contributed by atoms with E-state index in [4.69, 9.17) is 0 Å². The Morgan fingerprint density at radius 2 is 1.67 bits per heavy atom. The highest BCUT2D eigenvalue weighted by Gasteiger charge is 2.26. The standard InChI is InChI=1S/C15H28/c1-12-6-5-8-14(10-12)11-15-9-4-3-7-13(15)2/h12-15H,3-11H2,1-2H3. The van der Waals surface area contributed by atoms with E-state index < -0.39 is 0 Å². The summed E-state index contributed by atoms with van der Waals surface area (Å²) in [5, 5.41) is 0. The highest BCUT2D eigenvalue weighted by atomic mass is 14.3. The smallest absolute Gasteiger partial charge is 0.0386 e. The minimum atomic E-state index is 1.02. The Morgan fingerprint density at radius 3 is 2.40 bits per heavy atom. The van der Waals surface area contributed by atoms with E-state index in [9.17, 15) is 0 Å². The van der Waals surface area contributed by atoms with Crippen molar-refractivity contribution >= 4 is 0 Å². The summed E-state index contributed by atoms with van der Waals surface area (Å²) < 4.78 is 0. The van der Waals surface area contributed by atoms with Gasteiger partial charge in [-0.3, -0.25) is 0 Å². The van der Waals surface area contributed by atoms with Gasteiger partial charge in [-0.1, -0.05) is 58.8 Å². The van der Waals surface area contributed by atoms with Crippen molar-refractivity contribution in [2.24, 2.45) is 23.7 Å². The summed E-state index contributed by atoms with van der Waals surface area (Å²) >= 11 is 0. The largest absolute Gasteiger partial charge is 0.0625 e. The molecule has 2 fully saturated rings. The molecule has 2 aliphatic carbocycles. The molecule has 4 atom stereocenters. The Labute approximate surface area is 95.8 Å². The first-order valence-electron chi connectivity index (χ1n) is 7.25. The van der Waals surface area contributed by atoms with E-state index in [2.05, 4.69) is 13.8 Å². The molecule has 0 spiro atoms. The fourth-order valence-electron chi connectivity index (χ4n) is 3.95. The number of hydrogen-bond donors (Lipinski definition) is 0.